The summed E-state index contributed by atoms with van der Waals surface area (Å²) >= 11 is 0. The second-order valence-corrected chi connectivity index (χ2v) is 8.34. The molecule has 2 atom stereocenters. The van der Waals surface area contributed by atoms with Crippen molar-refractivity contribution in [2.24, 2.45) is 0 Å². The topological polar surface area (TPSA) is 51.1 Å². The zero-order valence-electron chi connectivity index (χ0n) is 13.6. The van der Waals surface area contributed by atoms with Crippen molar-refractivity contribution in [3.63, 3.8) is 0 Å². The first kappa shape index (κ1) is 15.8. The highest BCUT2D eigenvalue weighted by Crippen LogP contribution is 2.32. The van der Waals surface area contributed by atoms with E-state index < -0.39 is 10.8 Å². The molecule has 1 aromatic rings. The Bertz CT molecular complexity index is 588. The van der Waals surface area contributed by atoms with Gasteiger partial charge in [0.25, 0.3) is 5.91 Å². The summed E-state index contributed by atoms with van der Waals surface area (Å²) < 4.78 is 13.8. The van der Waals surface area contributed by atoms with Crippen LogP contribution in [0.1, 0.15) is 66.3 Å². The molecular weight excluding hydrogens is 296 g/mol. The minimum Gasteiger partial charge on any atom is -0.348 e. The number of hydrogen-bond acceptors (Lipinski definition) is 2. The van der Waals surface area contributed by atoms with Gasteiger partial charge in [0.15, 0.2) is 0 Å². The molecule has 22 heavy (non-hydrogen) atoms. The van der Waals surface area contributed by atoms with Gasteiger partial charge in [-0.1, -0.05) is 19.3 Å². The number of nitrogens with one attached hydrogen (secondary N) is 1. The van der Waals surface area contributed by atoms with E-state index in [9.17, 15) is 9.00 Å². The number of amides is 1. The van der Waals surface area contributed by atoms with Crippen LogP contribution in [0.15, 0.2) is 6.07 Å². The molecule has 2 aliphatic rings. The van der Waals surface area contributed by atoms with Crippen molar-refractivity contribution in [1.29, 1.82) is 0 Å². The fourth-order valence-corrected chi connectivity index (χ4v) is 5.36. The summed E-state index contributed by atoms with van der Waals surface area (Å²) in [5.74, 6) is 1.32. The number of rotatable bonds is 3. The maximum Gasteiger partial charge on any atom is 0.253 e. The molecule has 5 heteroatoms. The Morgan fingerprint density at radius 3 is 2.59 bits per heavy atom. The van der Waals surface area contributed by atoms with Crippen LogP contribution in [0.25, 0.3) is 0 Å². The van der Waals surface area contributed by atoms with E-state index in [1.165, 1.54) is 37.8 Å². The molecule has 0 unspecified atom stereocenters. The minimum atomic E-state index is -0.754. The van der Waals surface area contributed by atoms with Crippen LogP contribution < -0.4 is 5.32 Å². The number of carbonyl (C=O) groups is 1. The normalized spacial score (nSPS) is 26.3. The maximum absolute atomic E-state index is 12.6. The molecule has 1 aromatic heterocycles. The van der Waals surface area contributed by atoms with E-state index >= 15 is 0 Å². The monoisotopic (exact) mass is 322 g/mol. The molecule has 0 radical (unpaired) electrons. The molecule has 1 aliphatic heterocycles. The molecule has 1 amide bonds. The molecule has 2 heterocycles. The predicted molar refractivity (Wildman–Crippen MR) is 89.8 cm³/mol. The van der Waals surface area contributed by atoms with Crippen molar-refractivity contribution < 1.29 is 9.00 Å². The Hall–Kier alpha value is -1.10. The van der Waals surface area contributed by atoms with E-state index in [2.05, 4.69) is 23.7 Å². The van der Waals surface area contributed by atoms with Crippen LogP contribution >= 0.6 is 0 Å². The van der Waals surface area contributed by atoms with Gasteiger partial charge in [0.1, 0.15) is 0 Å². The van der Waals surface area contributed by atoms with E-state index in [0.29, 0.717) is 17.5 Å². The zero-order chi connectivity index (χ0) is 15.7. The van der Waals surface area contributed by atoms with Crippen LogP contribution in [-0.4, -0.2) is 32.2 Å². The molecule has 1 N–H and O–H groups in total. The zero-order valence-corrected chi connectivity index (χ0v) is 14.4. The maximum atomic E-state index is 12.6. The molecule has 1 saturated heterocycles. The van der Waals surface area contributed by atoms with Crippen molar-refractivity contribution in [1.82, 2.24) is 9.88 Å². The summed E-state index contributed by atoms with van der Waals surface area (Å²) in [7, 11) is -0.754. The fourth-order valence-electron chi connectivity index (χ4n) is 3.95. The van der Waals surface area contributed by atoms with E-state index in [1.807, 2.05) is 6.07 Å². The van der Waals surface area contributed by atoms with E-state index in [-0.39, 0.29) is 11.9 Å². The molecule has 1 saturated carbocycles. The SMILES string of the molecule is Cc1cc(C(=O)N[C@H]2CC[S@](=O)C2)c(C)n1C1CCCCC1. The van der Waals surface area contributed by atoms with E-state index in [0.717, 1.165) is 17.7 Å². The van der Waals surface area contributed by atoms with E-state index in [1.54, 1.807) is 0 Å². The Labute approximate surface area is 135 Å². The highest BCUT2D eigenvalue weighted by atomic mass is 32.2. The lowest BCUT2D eigenvalue weighted by atomic mass is 9.95. The molecule has 4 nitrogen and oxygen atoms in total. The van der Waals surface area contributed by atoms with Crippen molar-refractivity contribution in [3.05, 3.63) is 23.0 Å². The van der Waals surface area contributed by atoms with Gasteiger partial charge in [-0.05, 0) is 39.2 Å². The summed E-state index contributed by atoms with van der Waals surface area (Å²) in [6.45, 7) is 4.16. The summed E-state index contributed by atoms with van der Waals surface area (Å²) in [5.41, 5.74) is 3.06. The first-order valence-corrected chi connectivity index (χ1v) is 9.89. The van der Waals surface area contributed by atoms with Gasteiger partial charge < -0.3 is 9.88 Å². The fraction of sp³-hybridized carbons (Fsp3) is 0.706. The third-order valence-corrected chi connectivity index (χ3v) is 6.55. The lowest BCUT2D eigenvalue weighted by molar-refractivity contribution is 0.0940. The minimum absolute atomic E-state index is 0.000871. The largest absolute Gasteiger partial charge is 0.348 e. The van der Waals surface area contributed by atoms with Gasteiger partial charge in [0, 0.05) is 45.8 Å². The number of aryl methyl sites for hydroxylation is 1. The summed E-state index contributed by atoms with van der Waals surface area (Å²) in [4.78, 5) is 12.6. The summed E-state index contributed by atoms with van der Waals surface area (Å²) in [5, 5.41) is 3.06. The number of nitrogens with zero attached hydrogens (tertiary/aromatic N) is 1. The first-order valence-electron chi connectivity index (χ1n) is 8.40. The van der Waals surface area contributed by atoms with Crippen molar-refractivity contribution in [2.45, 2.75) is 64.5 Å². The van der Waals surface area contributed by atoms with Gasteiger partial charge >= 0.3 is 0 Å². The molecule has 0 aromatic carbocycles. The molecule has 3 rings (SSSR count). The molecule has 0 bridgehead atoms. The Balaban J connectivity index is 1.76. The molecular formula is C17H26N2O2S. The number of hydrogen-bond donors (Lipinski definition) is 1. The molecule has 1 aliphatic carbocycles. The molecule has 2 fully saturated rings. The first-order chi connectivity index (χ1) is 10.6. The standard InChI is InChI=1S/C17H26N2O2S/c1-12-10-16(17(20)18-14-8-9-22(21)11-14)13(2)19(12)15-6-4-3-5-7-15/h10,14-15H,3-9,11H2,1-2H3,(H,18,20)/t14-,22-/m0/s1. The number of carbonyl (C=O) groups excluding carboxylic acids is 1. The van der Waals surface area contributed by atoms with Crippen LogP contribution in [0.2, 0.25) is 0 Å². The van der Waals surface area contributed by atoms with Gasteiger partial charge in [-0.15, -0.1) is 0 Å². The third-order valence-electron chi connectivity index (χ3n) is 5.09. The average molecular weight is 322 g/mol. The lowest BCUT2D eigenvalue weighted by Gasteiger charge is -2.26. The van der Waals surface area contributed by atoms with Crippen molar-refractivity contribution in [2.75, 3.05) is 11.5 Å². The molecule has 122 valence electrons. The van der Waals surface area contributed by atoms with Crippen LogP contribution in [0.5, 0.6) is 0 Å². The van der Waals surface area contributed by atoms with Crippen molar-refractivity contribution >= 4 is 16.7 Å². The Morgan fingerprint density at radius 1 is 1.23 bits per heavy atom. The Kier molecular flexibility index (Phi) is 4.71. The van der Waals surface area contributed by atoms with Gasteiger partial charge in [-0.3, -0.25) is 9.00 Å². The van der Waals surface area contributed by atoms with Gasteiger partial charge in [-0.25, -0.2) is 0 Å². The van der Waals surface area contributed by atoms with Crippen LogP contribution in [0.3, 0.4) is 0 Å². The predicted octanol–water partition coefficient (Wildman–Crippen LogP) is 2.86. The second kappa shape index (κ2) is 6.57. The highest BCUT2D eigenvalue weighted by Gasteiger charge is 2.26. The van der Waals surface area contributed by atoms with Gasteiger partial charge in [0.2, 0.25) is 0 Å². The quantitative estimate of drug-likeness (QED) is 0.930. The van der Waals surface area contributed by atoms with Gasteiger partial charge in [0.05, 0.1) is 5.56 Å². The van der Waals surface area contributed by atoms with Gasteiger partial charge in [-0.2, -0.15) is 0 Å². The third kappa shape index (κ3) is 3.14. The molecule has 0 spiro atoms. The lowest BCUT2D eigenvalue weighted by Crippen LogP contribution is -2.35. The highest BCUT2D eigenvalue weighted by molar-refractivity contribution is 7.85. The van der Waals surface area contributed by atoms with Crippen LogP contribution in [-0.2, 0) is 10.8 Å². The smallest absolute Gasteiger partial charge is 0.253 e. The number of aromatic nitrogens is 1. The van der Waals surface area contributed by atoms with Crippen LogP contribution in [0.4, 0.5) is 0 Å². The van der Waals surface area contributed by atoms with Crippen LogP contribution in [0, 0.1) is 13.8 Å². The average Bonchev–Trinajstić information content (AvgIpc) is 3.03. The Morgan fingerprint density at radius 2 is 1.95 bits per heavy atom. The van der Waals surface area contributed by atoms with Crippen molar-refractivity contribution in [3.8, 4) is 0 Å². The second-order valence-electron chi connectivity index (χ2n) is 6.72. The summed E-state index contributed by atoms with van der Waals surface area (Å²) in [6.07, 6.45) is 7.19. The van der Waals surface area contributed by atoms with E-state index in [4.69, 9.17) is 0 Å². The summed E-state index contributed by atoms with van der Waals surface area (Å²) in [6, 6.07) is 2.64.